The van der Waals surface area contributed by atoms with Gasteiger partial charge in [0.05, 0.1) is 33.8 Å². The second-order valence-corrected chi connectivity index (χ2v) is 12.9. The van der Waals surface area contributed by atoms with E-state index in [0.717, 1.165) is 36.0 Å². The van der Waals surface area contributed by atoms with Gasteiger partial charge in [0, 0.05) is 12.7 Å². The van der Waals surface area contributed by atoms with Crippen LogP contribution in [0, 0.1) is 17.0 Å². The van der Waals surface area contributed by atoms with Crippen molar-refractivity contribution in [3.8, 4) is 22.8 Å². The molecule has 2 atom stereocenters. The highest BCUT2D eigenvalue weighted by atomic mass is 32.2. The predicted octanol–water partition coefficient (Wildman–Crippen LogP) is 4.66. The molecule has 8 nitrogen and oxygen atoms in total. The Bertz CT molecular complexity index is 1670. The van der Waals surface area contributed by atoms with Gasteiger partial charge < -0.3 is 4.42 Å². The summed E-state index contributed by atoms with van der Waals surface area (Å²) >= 11 is 0. The summed E-state index contributed by atoms with van der Waals surface area (Å²) in [7, 11) is -3.17. The van der Waals surface area contributed by atoms with Crippen molar-refractivity contribution in [2.45, 2.75) is 44.4 Å². The Hall–Kier alpha value is -3.60. The molecule has 0 saturated heterocycles. The molecule has 0 amide bonds. The summed E-state index contributed by atoms with van der Waals surface area (Å²) in [6.07, 6.45) is 2.94. The van der Waals surface area contributed by atoms with Gasteiger partial charge in [0.1, 0.15) is 27.2 Å². The highest BCUT2D eigenvalue weighted by Gasteiger charge is 2.65. The summed E-state index contributed by atoms with van der Waals surface area (Å²) < 4.78 is 57.7. The molecule has 11 heteroatoms. The molecule has 196 valence electrons. The number of benzene rings is 1. The fraction of sp³-hybridized carbons (Fsp3) is 0.370. The lowest BCUT2D eigenvalue weighted by atomic mass is 9.66. The molecule has 2 aliphatic carbocycles. The van der Waals surface area contributed by atoms with E-state index in [-0.39, 0.29) is 46.5 Å². The van der Waals surface area contributed by atoms with Crippen LogP contribution in [0.2, 0.25) is 0 Å². The molecule has 3 aromatic heterocycles. The number of rotatable bonds is 6. The first-order valence-corrected chi connectivity index (χ1v) is 14.4. The number of halogens is 2. The zero-order valence-corrected chi connectivity index (χ0v) is 21.9. The maximum Gasteiger partial charge on any atom is 0.266 e. The van der Waals surface area contributed by atoms with Crippen LogP contribution in [0.25, 0.3) is 22.8 Å². The number of aryl methyl sites for hydroxylation is 1. The topological polar surface area (TPSA) is 112 Å². The van der Waals surface area contributed by atoms with Gasteiger partial charge in [-0.25, -0.2) is 22.2 Å². The van der Waals surface area contributed by atoms with Crippen LogP contribution in [0.1, 0.15) is 55.4 Å². The third kappa shape index (κ3) is 3.66. The molecule has 0 radical (unpaired) electrons. The Labute approximate surface area is 218 Å². The summed E-state index contributed by atoms with van der Waals surface area (Å²) in [5.41, 5.74) is 2.08. The smallest absolute Gasteiger partial charge is 0.266 e. The van der Waals surface area contributed by atoms with Gasteiger partial charge in [-0.3, -0.25) is 0 Å². The van der Waals surface area contributed by atoms with Gasteiger partial charge in [0.25, 0.3) is 5.89 Å². The zero-order chi connectivity index (χ0) is 26.9. The van der Waals surface area contributed by atoms with E-state index < -0.39 is 26.9 Å². The van der Waals surface area contributed by atoms with Crippen LogP contribution in [-0.2, 0) is 21.7 Å². The fourth-order valence-corrected chi connectivity index (χ4v) is 6.82. The van der Waals surface area contributed by atoms with Crippen LogP contribution in [0.3, 0.4) is 0 Å². The van der Waals surface area contributed by atoms with Crippen molar-refractivity contribution in [3.05, 3.63) is 76.9 Å². The third-order valence-electron chi connectivity index (χ3n) is 8.16. The molecular formula is C27H25F2N5O3S. The minimum absolute atomic E-state index is 0.0883. The first kappa shape index (κ1) is 24.7. The summed E-state index contributed by atoms with van der Waals surface area (Å²) in [5, 5.41) is 16.9. The van der Waals surface area contributed by atoms with E-state index in [1.165, 1.54) is 18.2 Å². The molecule has 0 N–H and O–H groups in total. The van der Waals surface area contributed by atoms with E-state index in [1.807, 2.05) is 12.1 Å². The maximum absolute atomic E-state index is 14.5. The third-order valence-corrected chi connectivity index (χ3v) is 9.11. The molecule has 4 aromatic rings. The minimum atomic E-state index is -3.17. The normalized spacial score (nSPS) is 21.6. The maximum atomic E-state index is 14.5. The molecule has 0 spiro atoms. The second-order valence-electron chi connectivity index (χ2n) is 10.6. The zero-order valence-electron chi connectivity index (χ0n) is 21.1. The Morgan fingerprint density at radius 2 is 1.74 bits per heavy atom. The Balaban J connectivity index is 1.41. The number of aromatic nitrogens is 5. The van der Waals surface area contributed by atoms with Crippen molar-refractivity contribution in [2.75, 3.05) is 12.0 Å². The highest BCUT2D eigenvalue weighted by molar-refractivity contribution is 7.90. The first-order chi connectivity index (χ1) is 18.0. The van der Waals surface area contributed by atoms with E-state index in [2.05, 4.69) is 34.2 Å². The molecule has 2 bridgehead atoms. The van der Waals surface area contributed by atoms with Gasteiger partial charge in [-0.15, -0.1) is 15.3 Å². The monoisotopic (exact) mass is 537 g/mol. The number of fused-ring (bicyclic) bond motifs is 5. The van der Waals surface area contributed by atoms with Crippen LogP contribution in [0.5, 0.6) is 0 Å². The lowest BCUT2D eigenvalue weighted by Crippen LogP contribution is -2.37. The molecule has 1 aromatic carbocycles. The number of nitrogens with zero attached hydrogens (tertiary/aromatic N) is 5. The molecule has 38 heavy (non-hydrogen) atoms. The van der Waals surface area contributed by atoms with Crippen LogP contribution < -0.4 is 0 Å². The Morgan fingerprint density at radius 3 is 2.47 bits per heavy atom. The van der Waals surface area contributed by atoms with Crippen molar-refractivity contribution in [3.63, 3.8) is 0 Å². The van der Waals surface area contributed by atoms with Crippen molar-refractivity contribution in [2.24, 2.45) is 5.41 Å². The number of sulfone groups is 1. The minimum Gasteiger partial charge on any atom is -0.419 e. The van der Waals surface area contributed by atoms with Crippen molar-refractivity contribution in [1.29, 1.82) is 0 Å². The standard InChI is InChI=1S/C27H25F2N5O3S/c1-26(2)16-10-12-27(26,24-15(16)14-20(31-33-24)23-17(28)6-4-7-18(23)29)21-9-5-8-19(30-21)25-34-32-22(37-25)11-13-38(3,35)36/h4-9,14,16H,10-13H2,1-3H3/t16-,27-/m0/s1. The molecule has 0 aliphatic heterocycles. The molecule has 6 rings (SSSR count). The van der Waals surface area contributed by atoms with Gasteiger partial charge in [-0.2, -0.15) is 5.10 Å². The van der Waals surface area contributed by atoms with Crippen molar-refractivity contribution < 1.29 is 21.6 Å². The van der Waals surface area contributed by atoms with Crippen molar-refractivity contribution >= 4 is 9.84 Å². The SMILES string of the molecule is CC1(C)[C@H]2CC[C@]1(c1cccc(-c3nnc(CCS(C)(=O)=O)o3)n1)c1nnc(-c3c(F)cccc3F)cc12. The molecular weight excluding hydrogens is 512 g/mol. The van der Waals surface area contributed by atoms with E-state index in [9.17, 15) is 17.2 Å². The summed E-state index contributed by atoms with van der Waals surface area (Å²) in [5.74, 6) is -0.911. The molecule has 1 fully saturated rings. The van der Waals surface area contributed by atoms with Gasteiger partial charge in [-0.1, -0.05) is 26.0 Å². The van der Waals surface area contributed by atoms with Gasteiger partial charge in [0.2, 0.25) is 5.89 Å². The number of hydrogen-bond acceptors (Lipinski definition) is 8. The van der Waals surface area contributed by atoms with Crippen LogP contribution in [-0.4, -0.2) is 45.8 Å². The first-order valence-electron chi connectivity index (χ1n) is 12.3. The fourth-order valence-electron chi connectivity index (χ4n) is 6.28. The Kier molecular flexibility index (Phi) is 5.50. The molecule has 2 aliphatic rings. The van der Waals surface area contributed by atoms with Crippen LogP contribution in [0.4, 0.5) is 8.78 Å². The quantitative estimate of drug-likeness (QED) is 0.349. The average Bonchev–Trinajstić information content (AvgIpc) is 3.50. The number of hydrogen-bond donors (Lipinski definition) is 0. The van der Waals surface area contributed by atoms with Crippen molar-refractivity contribution in [1.82, 2.24) is 25.4 Å². The van der Waals surface area contributed by atoms with E-state index in [1.54, 1.807) is 12.1 Å². The highest BCUT2D eigenvalue weighted by Crippen LogP contribution is 2.69. The largest absolute Gasteiger partial charge is 0.419 e. The number of pyridine rings is 1. The summed E-state index contributed by atoms with van der Waals surface area (Å²) in [6.45, 7) is 4.33. The molecule has 0 unspecified atom stereocenters. The van der Waals surface area contributed by atoms with E-state index >= 15 is 0 Å². The van der Waals surface area contributed by atoms with Crippen LogP contribution in [0.15, 0.2) is 46.9 Å². The van der Waals surface area contributed by atoms with Gasteiger partial charge in [-0.05, 0) is 60.1 Å². The summed E-state index contributed by atoms with van der Waals surface area (Å²) in [6, 6.07) is 11.1. The van der Waals surface area contributed by atoms with E-state index in [0.29, 0.717) is 5.69 Å². The van der Waals surface area contributed by atoms with Gasteiger partial charge in [0.15, 0.2) is 0 Å². The Morgan fingerprint density at radius 1 is 1.00 bits per heavy atom. The average molecular weight is 538 g/mol. The lowest BCUT2D eigenvalue weighted by Gasteiger charge is -2.37. The summed E-state index contributed by atoms with van der Waals surface area (Å²) in [4.78, 5) is 4.92. The van der Waals surface area contributed by atoms with Crippen LogP contribution >= 0.6 is 0 Å². The molecule has 3 heterocycles. The molecule has 1 saturated carbocycles. The van der Waals surface area contributed by atoms with E-state index in [4.69, 9.17) is 9.40 Å². The lowest BCUT2D eigenvalue weighted by molar-refractivity contribution is 0.243. The predicted molar refractivity (Wildman–Crippen MR) is 135 cm³/mol. The van der Waals surface area contributed by atoms with Gasteiger partial charge >= 0.3 is 0 Å². The second kappa shape index (κ2) is 8.45.